The highest BCUT2D eigenvalue weighted by Crippen LogP contribution is 2.14. The van der Waals surface area contributed by atoms with E-state index in [1.807, 2.05) is 5.32 Å². The number of rotatable bonds is 4. The summed E-state index contributed by atoms with van der Waals surface area (Å²) in [4.78, 5) is 27.0. The lowest BCUT2D eigenvalue weighted by molar-refractivity contribution is -0.120. The summed E-state index contributed by atoms with van der Waals surface area (Å²) in [6.45, 7) is 2.32. The molecule has 0 spiro atoms. The Kier molecular flexibility index (Phi) is 4.51. The molecule has 2 heterocycles. The van der Waals surface area contributed by atoms with Crippen molar-refractivity contribution < 1.29 is 18.4 Å². The number of hydrogen-bond donors (Lipinski definition) is 3. The van der Waals surface area contributed by atoms with Gasteiger partial charge in [0.15, 0.2) is 0 Å². The van der Waals surface area contributed by atoms with Gasteiger partial charge in [0, 0.05) is 12.3 Å². The van der Waals surface area contributed by atoms with E-state index in [-0.39, 0.29) is 6.54 Å². The van der Waals surface area contributed by atoms with E-state index in [0.29, 0.717) is 6.54 Å². The van der Waals surface area contributed by atoms with Crippen LogP contribution in [0.1, 0.15) is 26.2 Å². The van der Waals surface area contributed by atoms with Gasteiger partial charge in [-0.25, -0.2) is 4.79 Å². The van der Waals surface area contributed by atoms with Crippen LogP contribution in [0.3, 0.4) is 0 Å². The summed E-state index contributed by atoms with van der Waals surface area (Å²) in [5.74, 6) is -0.806. The molecule has 3 N–H and O–H groups in total. The minimum Gasteiger partial charge on any atom is -0.597 e. The van der Waals surface area contributed by atoms with Crippen molar-refractivity contribution >= 4 is 28.0 Å². The topological polar surface area (TPSA) is 123 Å². The Morgan fingerprint density at radius 2 is 2.20 bits per heavy atom. The second-order valence-corrected chi connectivity index (χ2v) is 6.83. The summed E-state index contributed by atoms with van der Waals surface area (Å²) in [6, 6.07) is -1.45. The zero-order valence-electron chi connectivity index (χ0n) is 11.2. The second-order valence-electron chi connectivity index (χ2n) is 4.94. The summed E-state index contributed by atoms with van der Waals surface area (Å²) in [7, 11) is -3.86. The van der Waals surface area contributed by atoms with Gasteiger partial charge < -0.3 is 9.87 Å². The largest absolute Gasteiger partial charge is 0.597 e. The quantitative estimate of drug-likeness (QED) is 0.597. The summed E-state index contributed by atoms with van der Waals surface area (Å²) >= 11 is 0. The number of imide groups is 1. The van der Waals surface area contributed by atoms with Gasteiger partial charge in [-0.05, 0) is 26.2 Å². The molecule has 0 aromatic rings. The monoisotopic (exact) mass is 302 g/mol. The minimum atomic E-state index is -3.86. The molecule has 2 aliphatic rings. The third kappa shape index (κ3) is 3.41. The Bertz CT molecular complexity index is 493. The summed E-state index contributed by atoms with van der Waals surface area (Å²) in [6.07, 6.45) is 2.78. The van der Waals surface area contributed by atoms with Crippen LogP contribution in [0.25, 0.3) is 0 Å². The molecular formula is C11H18N4O4S. The van der Waals surface area contributed by atoms with Crippen LogP contribution >= 0.6 is 0 Å². The van der Waals surface area contributed by atoms with Gasteiger partial charge in [0.25, 0.3) is 5.91 Å². The first-order chi connectivity index (χ1) is 9.40. The molecule has 8 nitrogen and oxygen atoms in total. The Hall–Kier alpha value is -1.32. The number of amides is 3. The second kappa shape index (κ2) is 5.98. The highest BCUT2D eigenvalue weighted by Gasteiger charge is 2.46. The molecule has 0 saturated carbocycles. The highest BCUT2D eigenvalue weighted by atomic mass is 32.3. The number of nitrogens with one attached hydrogen (secondary N) is 3. The highest BCUT2D eigenvalue weighted by molar-refractivity contribution is 7.97. The van der Waals surface area contributed by atoms with E-state index in [1.165, 1.54) is 6.92 Å². The average Bonchev–Trinajstić information content (AvgIpc) is 2.36. The molecule has 1 saturated heterocycles. The summed E-state index contributed by atoms with van der Waals surface area (Å²) < 4.78 is 26.8. The van der Waals surface area contributed by atoms with Crippen molar-refractivity contribution in [1.82, 2.24) is 15.4 Å². The van der Waals surface area contributed by atoms with E-state index >= 15 is 0 Å². The van der Waals surface area contributed by atoms with Gasteiger partial charge in [-0.2, -0.15) is 0 Å². The molecule has 0 radical (unpaired) electrons. The number of carbonyl (C=O) groups is 2. The molecule has 3 atom stereocenters. The molecule has 2 aliphatic heterocycles. The van der Waals surface area contributed by atoms with E-state index in [2.05, 4.69) is 15.0 Å². The molecule has 0 aromatic heterocycles. The van der Waals surface area contributed by atoms with Crippen molar-refractivity contribution in [3.05, 3.63) is 0 Å². The van der Waals surface area contributed by atoms with Crippen LogP contribution in [-0.2, 0) is 19.4 Å². The van der Waals surface area contributed by atoms with E-state index < -0.39 is 33.6 Å². The van der Waals surface area contributed by atoms with Crippen molar-refractivity contribution in [2.45, 2.75) is 37.5 Å². The Balaban J connectivity index is 2.01. The fraction of sp³-hybridized carbons (Fsp3) is 0.727. The van der Waals surface area contributed by atoms with Crippen molar-refractivity contribution in [3.63, 3.8) is 0 Å². The first kappa shape index (κ1) is 15.1. The van der Waals surface area contributed by atoms with Crippen molar-refractivity contribution in [2.75, 3.05) is 13.1 Å². The van der Waals surface area contributed by atoms with Crippen LogP contribution in [0.5, 0.6) is 0 Å². The molecule has 0 aromatic carbocycles. The molecule has 1 fully saturated rings. The smallest absolute Gasteiger partial charge is 0.321 e. The van der Waals surface area contributed by atoms with Crippen LogP contribution in [-0.4, -0.2) is 46.6 Å². The van der Waals surface area contributed by atoms with Gasteiger partial charge in [-0.3, -0.25) is 15.1 Å². The number of carbonyl (C=O) groups excluding carboxylic acids is 2. The predicted octanol–water partition coefficient (Wildman–Crippen LogP) is -0.658. The lowest BCUT2D eigenvalue weighted by Crippen LogP contribution is -2.66. The number of sulfonamides is 1. The SMILES string of the molecule is CC1NC(=O)NC(=O)C1[S+](=O)([O-])NCC1=NCCCC1. The van der Waals surface area contributed by atoms with Crippen molar-refractivity contribution in [2.24, 2.45) is 4.99 Å². The molecule has 3 unspecified atom stereocenters. The molecule has 3 amide bonds. The number of nitrogens with zero attached hydrogens (tertiary/aromatic N) is 1. The maximum Gasteiger partial charge on any atom is 0.321 e. The van der Waals surface area contributed by atoms with Crippen LogP contribution in [0.4, 0.5) is 4.79 Å². The van der Waals surface area contributed by atoms with Gasteiger partial charge in [-0.15, -0.1) is 4.72 Å². The average molecular weight is 302 g/mol. The van der Waals surface area contributed by atoms with Crippen molar-refractivity contribution in [1.29, 1.82) is 0 Å². The van der Waals surface area contributed by atoms with Crippen molar-refractivity contribution in [3.8, 4) is 0 Å². The van der Waals surface area contributed by atoms with Crippen LogP contribution < -0.4 is 15.4 Å². The number of hydrogen-bond acceptors (Lipinski definition) is 5. The Morgan fingerprint density at radius 1 is 1.45 bits per heavy atom. The standard InChI is InChI=1S/C11H18N4O4S/c1-7-9(10(16)15-11(17)14-7)20(18,19)13-6-8-4-2-3-5-12-8/h7,9H,2-6H2,1H3,(H3-,13,14,15,16,17,18,19). The van der Waals surface area contributed by atoms with E-state index in [0.717, 1.165) is 25.0 Å². The molecule has 9 heteroatoms. The third-order valence-electron chi connectivity index (χ3n) is 3.33. The number of urea groups is 1. The van der Waals surface area contributed by atoms with E-state index in [4.69, 9.17) is 0 Å². The minimum absolute atomic E-state index is 0.118. The Labute approximate surface area is 118 Å². The Morgan fingerprint density at radius 3 is 2.80 bits per heavy atom. The fourth-order valence-corrected chi connectivity index (χ4v) is 3.81. The predicted molar refractivity (Wildman–Crippen MR) is 72.9 cm³/mol. The van der Waals surface area contributed by atoms with Crippen LogP contribution in [0.2, 0.25) is 0 Å². The number of aliphatic imine (C=N–C) groups is 1. The molecule has 0 aliphatic carbocycles. The molecule has 0 bridgehead atoms. The van der Waals surface area contributed by atoms with Gasteiger partial charge in [0.1, 0.15) is 10.4 Å². The first-order valence-electron chi connectivity index (χ1n) is 6.52. The van der Waals surface area contributed by atoms with Gasteiger partial charge >= 0.3 is 6.03 Å². The fourth-order valence-electron chi connectivity index (χ4n) is 2.31. The summed E-state index contributed by atoms with van der Waals surface area (Å²) in [5.41, 5.74) is 0.799. The zero-order chi connectivity index (χ0) is 14.8. The van der Waals surface area contributed by atoms with Crippen LogP contribution in [0.15, 0.2) is 4.99 Å². The maximum absolute atomic E-state index is 12.2. The lowest BCUT2D eigenvalue weighted by atomic mass is 10.1. The first-order valence-corrected chi connectivity index (χ1v) is 8.07. The van der Waals surface area contributed by atoms with E-state index in [9.17, 15) is 18.4 Å². The van der Waals surface area contributed by atoms with Crippen LogP contribution in [0, 0.1) is 0 Å². The molecule has 112 valence electrons. The summed E-state index contributed by atoms with van der Waals surface area (Å²) in [5, 5.41) is 3.02. The van der Waals surface area contributed by atoms with Gasteiger partial charge in [-0.1, -0.05) is 4.21 Å². The maximum atomic E-state index is 12.2. The molecule has 2 rings (SSSR count). The van der Waals surface area contributed by atoms with Gasteiger partial charge in [0.2, 0.25) is 5.25 Å². The molecular weight excluding hydrogens is 284 g/mol. The van der Waals surface area contributed by atoms with Gasteiger partial charge in [0.05, 0.1) is 12.6 Å². The molecule has 20 heavy (non-hydrogen) atoms. The van der Waals surface area contributed by atoms with E-state index in [1.54, 1.807) is 0 Å². The zero-order valence-corrected chi connectivity index (χ0v) is 12.0. The normalized spacial score (nSPS) is 30.0. The lowest BCUT2D eigenvalue weighted by Gasteiger charge is -2.31. The third-order valence-corrected chi connectivity index (χ3v) is 5.17.